The number of carbonyl (C=O) groups excluding carboxylic acids is 2. The zero-order chi connectivity index (χ0) is 28.4. The largest absolute Gasteiger partial charge is 0.480 e. The number of carbonyl (C=O) groups is 3. The monoisotopic (exact) mass is 542 g/mol. The van der Waals surface area contributed by atoms with Gasteiger partial charge in [-0.1, -0.05) is 127 Å². The fraction of sp³-hybridized carbons (Fsp3) is 0.171. The molecule has 0 saturated carbocycles. The zero-order valence-electron chi connectivity index (χ0n) is 22.4. The highest BCUT2D eigenvalue weighted by Gasteiger charge is 2.68. The molecule has 0 spiro atoms. The van der Waals surface area contributed by atoms with Gasteiger partial charge in [-0.3, -0.25) is 24.6 Å². The smallest absolute Gasteiger partial charge is 0.325 e. The van der Waals surface area contributed by atoms with Crippen LogP contribution in [-0.4, -0.2) is 33.3 Å². The first-order valence-corrected chi connectivity index (χ1v) is 13.7. The van der Waals surface area contributed by atoms with Crippen molar-refractivity contribution in [1.29, 1.82) is 0 Å². The number of carboxylic acid groups (broad SMARTS) is 1. The maximum absolute atomic E-state index is 14.0. The van der Waals surface area contributed by atoms with Crippen molar-refractivity contribution < 1.29 is 19.5 Å². The van der Waals surface area contributed by atoms with E-state index in [1.807, 2.05) is 127 Å². The predicted octanol–water partition coefficient (Wildman–Crippen LogP) is 5.37. The highest BCUT2D eigenvalue weighted by atomic mass is 16.4. The molecule has 0 radical (unpaired) electrons. The molecule has 0 aliphatic carbocycles. The van der Waals surface area contributed by atoms with Gasteiger partial charge in [-0.05, 0) is 27.8 Å². The van der Waals surface area contributed by atoms with Gasteiger partial charge in [0.1, 0.15) is 5.54 Å². The Hall–Kier alpha value is -4.81. The molecular weight excluding hydrogens is 512 g/mol. The number of nitrogens with zero attached hydrogens (tertiary/aromatic N) is 1. The van der Waals surface area contributed by atoms with E-state index < -0.39 is 35.3 Å². The molecule has 4 atom stereocenters. The molecule has 0 aromatic heterocycles. The fourth-order valence-corrected chi connectivity index (χ4v) is 6.19. The van der Waals surface area contributed by atoms with Crippen LogP contribution in [0.2, 0.25) is 0 Å². The molecule has 6 rings (SSSR count). The fourth-order valence-electron chi connectivity index (χ4n) is 6.19. The third-order valence-corrected chi connectivity index (χ3v) is 8.20. The minimum atomic E-state index is -1.64. The number of likely N-dealkylation sites (tertiary alicyclic amines) is 1. The van der Waals surface area contributed by atoms with E-state index in [4.69, 9.17) is 0 Å². The van der Waals surface area contributed by atoms with Crippen LogP contribution in [0, 0.1) is 11.8 Å². The normalized spacial score (nSPS) is 23.7. The number of hydrogen-bond acceptors (Lipinski definition) is 4. The summed E-state index contributed by atoms with van der Waals surface area (Å²) in [4.78, 5) is 42.2. The van der Waals surface area contributed by atoms with Gasteiger partial charge in [0.05, 0.1) is 18.4 Å². The lowest BCUT2D eigenvalue weighted by atomic mass is 9.76. The first-order valence-electron chi connectivity index (χ1n) is 13.7. The molecule has 204 valence electrons. The van der Waals surface area contributed by atoms with Crippen molar-refractivity contribution in [3.63, 3.8) is 0 Å². The number of carboxylic acids is 1. The molecule has 2 amide bonds. The van der Waals surface area contributed by atoms with Gasteiger partial charge < -0.3 is 5.11 Å². The molecule has 6 heteroatoms. The molecule has 4 aromatic rings. The third-order valence-electron chi connectivity index (χ3n) is 8.20. The van der Waals surface area contributed by atoms with Crippen molar-refractivity contribution in [3.8, 4) is 0 Å². The molecular formula is C35H30N2O4. The Kier molecular flexibility index (Phi) is 7.08. The molecule has 2 aliphatic heterocycles. The lowest BCUT2D eigenvalue weighted by Gasteiger charge is -2.31. The third kappa shape index (κ3) is 4.98. The van der Waals surface area contributed by atoms with Crippen LogP contribution in [-0.2, 0) is 27.3 Å². The summed E-state index contributed by atoms with van der Waals surface area (Å²) in [7, 11) is 0. The maximum atomic E-state index is 14.0. The molecule has 0 bridgehead atoms. The number of imide groups is 1. The van der Waals surface area contributed by atoms with Gasteiger partial charge in [0, 0.05) is 12.5 Å². The minimum Gasteiger partial charge on any atom is -0.480 e. The Bertz CT molecular complexity index is 1590. The number of rotatable bonds is 8. The average molecular weight is 543 g/mol. The lowest BCUT2D eigenvalue weighted by molar-refractivity contribution is -0.151. The maximum Gasteiger partial charge on any atom is 0.325 e. The van der Waals surface area contributed by atoms with Crippen LogP contribution in [0.5, 0.6) is 0 Å². The van der Waals surface area contributed by atoms with Crippen molar-refractivity contribution in [2.45, 2.75) is 24.5 Å². The van der Waals surface area contributed by atoms with Gasteiger partial charge in [-0.15, -0.1) is 0 Å². The Morgan fingerprint density at radius 3 is 1.85 bits per heavy atom. The van der Waals surface area contributed by atoms with Crippen molar-refractivity contribution in [1.82, 2.24) is 10.2 Å². The first-order chi connectivity index (χ1) is 20.0. The quantitative estimate of drug-likeness (QED) is 0.231. The summed E-state index contributed by atoms with van der Waals surface area (Å²) in [5.74, 6) is -3.80. The standard InChI is InChI=1S/C35H30N2O4/c38-32-29-30(33(39)37(32)23-27-14-8-3-9-15-27)35(34(40)41,22-26-12-6-2-7-13-26)36-31(29)28-20-18-25(19-21-28)17-16-24-10-4-1-5-11-24/h1-21,29-31,36H,22-23H2,(H,40,41). The summed E-state index contributed by atoms with van der Waals surface area (Å²) in [5, 5.41) is 14.0. The summed E-state index contributed by atoms with van der Waals surface area (Å²) in [6.45, 7) is 0.114. The summed E-state index contributed by atoms with van der Waals surface area (Å²) < 4.78 is 0. The molecule has 4 unspecified atom stereocenters. The van der Waals surface area contributed by atoms with Gasteiger partial charge in [-0.2, -0.15) is 0 Å². The molecule has 2 fully saturated rings. The Morgan fingerprint density at radius 1 is 0.732 bits per heavy atom. The zero-order valence-corrected chi connectivity index (χ0v) is 22.4. The number of hydrogen-bond donors (Lipinski definition) is 2. The van der Waals surface area contributed by atoms with Crippen LogP contribution >= 0.6 is 0 Å². The summed E-state index contributed by atoms with van der Waals surface area (Å²) in [5.41, 5.74) is 2.79. The van der Waals surface area contributed by atoms with Gasteiger partial charge in [0.2, 0.25) is 11.8 Å². The van der Waals surface area contributed by atoms with Crippen molar-refractivity contribution in [2.75, 3.05) is 0 Å². The minimum absolute atomic E-state index is 0.0803. The van der Waals surface area contributed by atoms with Crippen LogP contribution in [0.3, 0.4) is 0 Å². The topological polar surface area (TPSA) is 86.7 Å². The molecule has 6 nitrogen and oxygen atoms in total. The number of benzene rings is 4. The second kappa shape index (κ2) is 11.0. The van der Waals surface area contributed by atoms with Gasteiger partial charge >= 0.3 is 5.97 Å². The predicted molar refractivity (Wildman–Crippen MR) is 157 cm³/mol. The Balaban J connectivity index is 1.37. The van der Waals surface area contributed by atoms with E-state index in [1.54, 1.807) is 0 Å². The number of amides is 2. The molecule has 2 heterocycles. The van der Waals surface area contributed by atoms with Crippen LogP contribution in [0.15, 0.2) is 115 Å². The Morgan fingerprint density at radius 2 is 1.27 bits per heavy atom. The van der Waals surface area contributed by atoms with E-state index in [2.05, 4.69) is 5.32 Å². The molecule has 2 saturated heterocycles. The van der Waals surface area contributed by atoms with Crippen molar-refractivity contribution in [2.24, 2.45) is 11.8 Å². The van der Waals surface area contributed by atoms with E-state index >= 15 is 0 Å². The van der Waals surface area contributed by atoms with Gasteiger partial charge in [0.15, 0.2) is 0 Å². The van der Waals surface area contributed by atoms with Gasteiger partial charge in [0.25, 0.3) is 0 Å². The van der Waals surface area contributed by atoms with E-state index in [9.17, 15) is 19.5 Å². The van der Waals surface area contributed by atoms with Crippen molar-refractivity contribution in [3.05, 3.63) is 143 Å². The molecule has 41 heavy (non-hydrogen) atoms. The molecule has 4 aromatic carbocycles. The number of aliphatic carboxylic acids is 1. The highest BCUT2D eigenvalue weighted by Crippen LogP contribution is 2.50. The summed E-state index contributed by atoms with van der Waals surface area (Å²) in [6.07, 6.45) is 4.11. The van der Waals surface area contributed by atoms with Crippen LogP contribution < -0.4 is 5.32 Å². The van der Waals surface area contributed by atoms with E-state index in [-0.39, 0.29) is 18.9 Å². The van der Waals surface area contributed by atoms with E-state index in [0.29, 0.717) is 0 Å². The lowest BCUT2D eigenvalue weighted by Crippen LogP contribution is -2.57. The first kappa shape index (κ1) is 26.4. The van der Waals surface area contributed by atoms with Crippen molar-refractivity contribution >= 4 is 29.9 Å². The molecule has 2 aliphatic rings. The van der Waals surface area contributed by atoms with Gasteiger partial charge in [-0.25, -0.2) is 0 Å². The van der Waals surface area contributed by atoms with Crippen LogP contribution in [0.25, 0.3) is 12.2 Å². The number of nitrogens with one attached hydrogen (secondary N) is 1. The SMILES string of the molecule is O=C1C2C(c3ccc(C=Cc4ccccc4)cc3)NC(Cc3ccccc3)(C(=O)O)C2C(=O)N1Cc1ccccc1. The molecule has 2 N–H and O–H groups in total. The van der Waals surface area contributed by atoms with E-state index in [0.717, 1.165) is 27.8 Å². The number of fused-ring (bicyclic) bond motifs is 1. The average Bonchev–Trinajstić information content (AvgIpc) is 3.47. The summed E-state index contributed by atoms with van der Waals surface area (Å²) >= 11 is 0. The second-order valence-corrected chi connectivity index (χ2v) is 10.7. The van der Waals surface area contributed by atoms with Crippen LogP contribution in [0.1, 0.15) is 33.9 Å². The van der Waals surface area contributed by atoms with Crippen LogP contribution in [0.4, 0.5) is 0 Å². The second-order valence-electron chi connectivity index (χ2n) is 10.7. The highest BCUT2D eigenvalue weighted by molar-refractivity contribution is 6.09. The Labute approximate surface area is 239 Å². The van der Waals surface area contributed by atoms with E-state index in [1.165, 1.54) is 4.90 Å². The summed E-state index contributed by atoms with van der Waals surface area (Å²) in [6, 6.07) is 35.7.